The number of nitrogens with one attached hydrogen (secondary N) is 1. The Morgan fingerprint density at radius 3 is 2.41 bits per heavy atom. The van der Waals surface area contributed by atoms with Crippen LogP contribution in [0.5, 0.6) is 0 Å². The van der Waals surface area contributed by atoms with Gasteiger partial charge in [0.05, 0.1) is 11.3 Å². The molecule has 0 aliphatic heterocycles. The minimum atomic E-state index is -0.242. The monoisotopic (exact) mass is 403 g/mol. The Morgan fingerprint density at radius 2 is 1.72 bits per heavy atom. The first-order valence-electron chi connectivity index (χ1n) is 8.82. The van der Waals surface area contributed by atoms with Gasteiger partial charge >= 0.3 is 0 Å². The van der Waals surface area contributed by atoms with Gasteiger partial charge in [-0.05, 0) is 78.5 Å². The number of carbonyl (C=O) groups is 1. The first kappa shape index (κ1) is 18.8. The van der Waals surface area contributed by atoms with E-state index in [1.165, 1.54) is 22.8 Å². The fourth-order valence-electron chi connectivity index (χ4n) is 2.79. The number of aryl methyl sites for hydroxylation is 2. The van der Waals surface area contributed by atoms with Crippen molar-refractivity contribution in [1.82, 2.24) is 30.2 Å². The lowest BCUT2D eigenvalue weighted by Gasteiger charge is -2.10. The van der Waals surface area contributed by atoms with Crippen LogP contribution in [0.15, 0.2) is 71.0 Å². The first-order valence-corrected chi connectivity index (χ1v) is 9.64. The third-order valence-corrected chi connectivity index (χ3v) is 4.90. The molecule has 2 heterocycles. The number of tetrazole rings is 1. The molecule has 0 radical (unpaired) electrons. The highest BCUT2D eigenvalue weighted by Crippen LogP contribution is 2.26. The van der Waals surface area contributed by atoms with Crippen LogP contribution in [-0.4, -0.2) is 36.1 Å². The van der Waals surface area contributed by atoms with E-state index in [0.29, 0.717) is 22.1 Å². The average Bonchev–Trinajstić information content (AvgIpc) is 3.23. The maximum atomic E-state index is 12.8. The maximum absolute atomic E-state index is 12.8. The maximum Gasteiger partial charge on any atom is 0.257 e. The van der Waals surface area contributed by atoms with Crippen LogP contribution in [0.3, 0.4) is 0 Å². The highest BCUT2D eigenvalue weighted by Gasteiger charge is 2.13. The van der Waals surface area contributed by atoms with E-state index >= 15 is 0 Å². The molecule has 2 aromatic carbocycles. The van der Waals surface area contributed by atoms with Crippen LogP contribution in [0, 0.1) is 13.8 Å². The van der Waals surface area contributed by atoms with E-state index in [1.807, 2.05) is 50.2 Å². The summed E-state index contributed by atoms with van der Waals surface area (Å²) in [6.07, 6.45) is 1.45. The Bertz CT molecular complexity index is 1120. The molecule has 0 bridgehead atoms. The zero-order valence-corrected chi connectivity index (χ0v) is 16.6. The zero-order chi connectivity index (χ0) is 20.2. The van der Waals surface area contributed by atoms with Crippen LogP contribution in [0.25, 0.3) is 5.69 Å². The van der Waals surface area contributed by atoms with E-state index in [-0.39, 0.29) is 5.91 Å². The van der Waals surface area contributed by atoms with Gasteiger partial charge in [-0.25, -0.2) is 9.97 Å². The molecule has 1 amide bonds. The molecule has 0 aliphatic rings. The van der Waals surface area contributed by atoms with Crippen LogP contribution in [0.2, 0.25) is 0 Å². The lowest BCUT2D eigenvalue weighted by atomic mass is 10.1. The summed E-state index contributed by atoms with van der Waals surface area (Å²) in [6, 6.07) is 16.6. The summed E-state index contributed by atoms with van der Waals surface area (Å²) in [5.41, 5.74) is 3.64. The topological polar surface area (TPSA) is 98.5 Å². The molecule has 0 spiro atoms. The Morgan fingerprint density at radius 1 is 1.00 bits per heavy atom. The van der Waals surface area contributed by atoms with E-state index in [2.05, 4.69) is 30.8 Å². The number of rotatable bonds is 5. The summed E-state index contributed by atoms with van der Waals surface area (Å²) in [7, 11) is 0. The second-order valence-corrected chi connectivity index (χ2v) is 7.33. The number of carbonyl (C=O) groups excluding carboxylic acids is 1. The standard InChI is InChI=1S/C20H17N7OS/c1-13-11-14(2)23-20(22-13)29-16-9-7-15(8-10-16)24-19(28)17-5-3-4-6-18(17)27-12-21-25-26-27/h3-12H,1-2H3,(H,24,28). The second kappa shape index (κ2) is 8.19. The Labute approximate surface area is 171 Å². The molecule has 2 aromatic heterocycles. The molecule has 29 heavy (non-hydrogen) atoms. The molecule has 1 N–H and O–H groups in total. The molecule has 0 aliphatic carbocycles. The smallest absolute Gasteiger partial charge is 0.257 e. The van der Waals surface area contributed by atoms with Gasteiger partial charge in [-0.2, -0.15) is 4.68 Å². The van der Waals surface area contributed by atoms with Crippen molar-refractivity contribution in [3.63, 3.8) is 0 Å². The zero-order valence-electron chi connectivity index (χ0n) is 15.8. The van der Waals surface area contributed by atoms with Crippen LogP contribution >= 0.6 is 11.8 Å². The summed E-state index contributed by atoms with van der Waals surface area (Å²) in [5.74, 6) is -0.242. The number of nitrogens with zero attached hydrogens (tertiary/aromatic N) is 6. The van der Waals surface area contributed by atoms with Crippen LogP contribution in [-0.2, 0) is 0 Å². The molecule has 9 heteroatoms. The third kappa shape index (κ3) is 4.46. The van der Waals surface area contributed by atoms with Crippen molar-refractivity contribution >= 4 is 23.4 Å². The van der Waals surface area contributed by atoms with Gasteiger partial charge in [0.15, 0.2) is 5.16 Å². The molecule has 0 atom stereocenters. The number of hydrogen-bond acceptors (Lipinski definition) is 7. The van der Waals surface area contributed by atoms with Crippen molar-refractivity contribution in [3.05, 3.63) is 77.9 Å². The predicted molar refractivity (Wildman–Crippen MR) is 109 cm³/mol. The first-order chi connectivity index (χ1) is 14.1. The van der Waals surface area contributed by atoms with Gasteiger partial charge in [0.1, 0.15) is 6.33 Å². The van der Waals surface area contributed by atoms with E-state index in [9.17, 15) is 4.79 Å². The third-order valence-electron chi connectivity index (χ3n) is 4.03. The van der Waals surface area contributed by atoms with Gasteiger partial charge in [-0.3, -0.25) is 4.79 Å². The fraction of sp³-hybridized carbons (Fsp3) is 0.100. The minimum absolute atomic E-state index is 0.242. The molecule has 0 saturated heterocycles. The summed E-state index contributed by atoms with van der Waals surface area (Å²) in [5, 5.41) is 14.7. The van der Waals surface area contributed by atoms with E-state index in [0.717, 1.165) is 16.3 Å². The van der Waals surface area contributed by atoms with Gasteiger partial charge < -0.3 is 5.32 Å². The summed E-state index contributed by atoms with van der Waals surface area (Å²) < 4.78 is 1.46. The van der Waals surface area contributed by atoms with Crippen molar-refractivity contribution in [2.75, 3.05) is 5.32 Å². The van der Waals surface area contributed by atoms with Gasteiger partial charge in [-0.1, -0.05) is 12.1 Å². The lowest BCUT2D eigenvalue weighted by Crippen LogP contribution is -2.15. The van der Waals surface area contributed by atoms with Gasteiger partial charge in [0.25, 0.3) is 5.91 Å². The Kier molecular flexibility index (Phi) is 5.30. The van der Waals surface area contributed by atoms with Gasteiger partial charge in [0, 0.05) is 22.0 Å². The van der Waals surface area contributed by atoms with Crippen molar-refractivity contribution in [1.29, 1.82) is 0 Å². The van der Waals surface area contributed by atoms with Gasteiger partial charge in [0.2, 0.25) is 0 Å². The molecular weight excluding hydrogens is 386 g/mol. The highest BCUT2D eigenvalue weighted by atomic mass is 32.2. The molecule has 0 unspecified atom stereocenters. The number of para-hydroxylation sites is 1. The van der Waals surface area contributed by atoms with E-state index in [1.54, 1.807) is 18.2 Å². The predicted octanol–water partition coefficient (Wildman–Crippen LogP) is 3.47. The van der Waals surface area contributed by atoms with Crippen LogP contribution < -0.4 is 5.32 Å². The van der Waals surface area contributed by atoms with Gasteiger partial charge in [-0.15, -0.1) is 5.10 Å². The Hall–Kier alpha value is -3.59. The summed E-state index contributed by atoms with van der Waals surface area (Å²) in [6.45, 7) is 3.90. The number of aromatic nitrogens is 6. The quantitative estimate of drug-likeness (QED) is 0.509. The second-order valence-electron chi connectivity index (χ2n) is 6.29. The van der Waals surface area contributed by atoms with Crippen molar-refractivity contribution in [2.45, 2.75) is 23.9 Å². The van der Waals surface area contributed by atoms with E-state index < -0.39 is 0 Å². The summed E-state index contributed by atoms with van der Waals surface area (Å²) >= 11 is 1.48. The van der Waals surface area contributed by atoms with Crippen molar-refractivity contribution < 1.29 is 4.79 Å². The molecule has 8 nitrogen and oxygen atoms in total. The number of hydrogen-bond donors (Lipinski definition) is 1. The number of benzene rings is 2. The average molecular weight is 403 g/mol. The largest absolute Gasteiger partial charge is 0.322 e. The molecule has 0 fully saturated rings. The SMILES string of the molecule is Cc1cc(C)nc(Sc2ccc(NC(=O)c3ccccc3-n3cnnn3)cc2)n1. The van der Waals surface area contributed by atoms with Crippen LogP contribution in [0.1, 0.15) is 21.7 Å². The van der Waals surface area contributed by atoms with Crippen LogP contribution in [0.4, 0.5) is 5.69 Å². The molecule has 0 saturated carbocycles. The highest BCUT2D eigenvalue weighted by molar-refractivity contribution is 7.99. The van der Waals surface area contributed by atoms with Crippen molar-refractivity contribution in [3.8, 4) is 5.69 Å². The molecule has 4 aromatic rings. The number of amides is 1. The van der Waals surface area contributed by atoms with E-state index in [4.69, 9.17) is 0 Å². The molecule has 4 rings (SSSR count). The Balaban J connectivity index is 1.49. The lowest BCUT2D eigenvalue weighted by molar-refractivity contribution is 0.102. The molecular formula is C20H17N7OS. The number of anilines is 1. The summed E-state index contributed by atoms with van der Waals surface area (Å²) in [4.78, 5) is 22.6. The minimum Gasteiger partial charge on any atom is -0.322 e. The normalized spacial score (nSPS) is 10.7. The molecule has 144 valence electrons. The fourth-order valence-corrected chi connectivity index (χ4v) is 3.65. The van der Waals surface area contributed by atoms with Crippen molar-refractivity contribution in [2.24, 2.45) is 0 Å².